The van der Waals surface area contributed by atoms with E-state index in [0.717, 1.165) is 18.9 Å². The number of nitrogens with zero attached hydrogens (tertiary/aromatic N) is 3. The molecule has 10 heteroatoms. The van der Waals surface area contributed by atoms with Gasteiger partial charge in [0, 0.05) is 64.1 Å². The van der Waals surface area contributed by atoms with Crippen molar-refractivity contribution in [2.75, 3.05) is 64.6 Å². The van der Waals surface area contributed by atoms with Crippen LogP contribution in [0.5, 0.6) is 0 Å². The van der Waals surface area contributed by atoms with Crippen LogP contribution in [0.1, 0.15) is 30.9 Å². The molecular weight excluding hydrogens is 437 g/mol. The van der Waals surface area contributed by atoms with Crippen LogP contribution in [0.4, 0.5) is 23.7 Å². The lowest BCUT2D eigenvalue weighted by atomic mass is 9.74. The minimum Gasteiger partial charge on any atom is -0.385 e. The molecule has 0 aromatic heterocycles. The van der Waals surface area contributed by atoms with Gasteiger partial charge in [0.2, 0.25) is 0 Å². The summed E-state index contributed by atoms with van der Waals surface area (Å²) in [4.78, 5) is 16.4. The van der Waals surface area contributed by atoms with Crippen LogP contribution >= 0.6 is 0 Å². The lowest BCUT2D eigenvalue weighted by Gasteiger charge is -2.43. The van der Waals surface area contributed by atoms with E-state index in [4.69, 9.17) is 14.7 Å². The van der Waals surface area contributed by atoms with Gasteiger partial charge in [-0.1, -0.05) is 0 Å². The molecule has 1 N–H and O–H groups in total. The van der Waals surface area contributed by atoms with Gasteiger partial charge in [-0.15, -0.1) is 0 Å². The number of nitrogens with one attached hydrogen (secondary N) is 1. The Morgan fingerprint density at radius 3 is 2.82 bits per heavy atom. The first kappa shape index (κ1) is 25.1. The number of rotatable bonds is 8. The van der Waals surface area contributed by atoms with E-state index in [1.165, 1.54) is 6.07 Å². The molecule has 2 saturated heterocycles. The molecule has 2 heterocycles. The number of hydrogen-bond donors (Lipinski definition) is 1. The standard InChI is InChI=1S/C23H31F3N4O3/c1-3-33-16-22-14-29(21(31)28-8-4-10-32-2)9-7-18(22)13-30(15-22)19-6-5-17(12-27)20(11-19)23(24,25)26/h5-6,11,18H,3-4,7-10,13-16H2,1-2H3,(H,28,31)/t18-,22+/m0/s1. The normalized spacial score (nSPS) is 22.7. The van der Waals surface area contributed by atoms with Crippen molar-refractivity contribution in [3.63, 3.8) is 0 Å². The van der Waals surface area contributed by atoms with Crippen molar-refractivity contribution in [1.29, 1.82) is 5.26 Å². The maximum atomic E-state index is 13.5. The molecule has 2 fully saturated rings. The largest absolute Gasteiger partial charge is 0.417 e. The van der Waals surface area contributed by atoms with E-state index in [-0.39, 0.29) is 22.9 Å². The topological polar surface area (TPSA) is 77.8 Å². The molecule has 0 spiro atoms. The predicted octanol–water partition coefficient (Wildman–Crippen LogP) is 3.49. The molecule has 1 aromatic carbocycles. The van der Waals surface area contributed by atoms with E-state index in [2.05, 4.69) is 5.32 Å². The molecule has 2 atom stereocenters. The quantitative estimate of drug-likeness (QED) is 0.591. The fourth-order valence-corrected chi connectivity index (χ4v) is 4.85. The van der Waals surface area contributed by atoms with E-state index in [1.807, 2.05) is 11.8 Å². The van der Waals surface area contributed by atoms with Crippen molar-refractivity contribution >= 4 is 11.7 Å². The number of benzene rings is 1. The molecule has 0 unspecified atom stereocenters. The number of methoxy groups -OCH3 is 1. The number of halogens is 3. The first-order valence-electron chi connectivity index (χ1n) is 11.2. The Balaban J connectivity index is 1.79. The van der Waals surface area contributed by atoms with Crippen LogP contribution in [0.2, 0.25) is 0 Å². The zero-order valence-corrected chi connectivity index (χ0v) is 19.1. The van der Waals surface area contributed by atoms with Gasteiger partial charge in [0.1, 0.15) is 0 Å². The van der Waals surface area contributed by atoms with Crippen molar-refractivity contribution in [2.24, 2.45) is 11.3 Å². The van der Waals surface area contributed by atoms with Crippen LogP contribution in [-0.2, 0) is 15.7 Å². The van der Waals surface area contributed by atoms with E-state index in [9.17, 15) is 18.0 Å². The first-order valence-corrected chi connectivity index (χ1v) is 11.2. The van der Waals surface area contributed by atoms with Crippen LogP contribution in [0.25, 0.3) is 0 Å². The van der Waals surface area contributed by atoms with Crippen LogP contribution < -0.4 is 10.2 Å². The Morgan fingerprint density at radius 1 is 1.36 bits per heavy atom. The number of ether oxygens (including phenoxy) is 2. The molecular formula is C23H31F3N4O3. The van der Waals surface area contributed by atoms with Crippen LogP contribution in [0.15, 0.2) is 18.2 Å². The van der Waals surface area contributed by atoms with Gasteiger partial charge < -0.3 is 24.6 Å². The van der Waals surface area contributed by atoms with Crippen molar-refractivity contribution in [3.8, 4) is 6.07 Å². The zero-order valence-electron chi connectivity index (χ0n) is 19.1. The van der Waals surface area contributed by atoms with Gasteiger partial charge in [-0.2, -0.15) is 18.4 Å². The molecule has 2 aliphatic heterocycles. The molecule has 0 radical (unpaired) electrons. The number of alkyl halides is 3. The van der Waals surface area contributed by atoms with Crippen molar-refractivity contribution < 1.29 is 27.4 Å². The third-order valence-corrected chi connectivity index (χ3v) is 6.54. The molecule has 3 rings (SSSR count). The fraction of sp³-hybridized carbons (Fsp3) is 0.652. The highest BCUT2D eigenvalue weighted by Crippen LogP contribution is 2.45. The highest BCUT2D eigenvalue weighted by Gasteiger charge is 2.51. The zero-order chi connectivity index (χ0) is 24.1. The van der Waals surface area contributed by atoms with Crippen molar-refractivity contribution in [3.05, 3.63) is 29.3 Å². The third-order valence-electron chi connectivity index (χ3n) is 6.54. The van der Waals surface area contributed by atoms with E-state index in [1.54, 1.807) is 24.1 Å². The second-order valence-corrected chi connectivity index (χ2v) is 8.70. The number of likely N-dealkylation sites (tertiary alicyclic amines) is 1. The molecule has 0 aliphatic carbocycles. The summed E-state index contributed by atoms with van der Waals surface area (Å²) in [5, 5.41) is 12.0. The number of urea groups is 1. The third kappa shape index (κ3) is 5.71. The summed E-state index contributed by atoms with van der Waals surface area (Å²) in [6.07, 6.45) is -3.14. The summed E-state index contributed by atoms with van der Waals surface area (Å²) in [5.74, 6) is 0.187. The number of carbonyl (C=O) groups is 1. The Kier molecular flexibility index (Phi) is 8.08. The summed E-state index contributed by atoms with van der Waals surface area (Å²) in [5.41, 5.74) is -1.25. The smallest absolute Gasteiger partial charge is 0.385 e. The average Bonchev–Trinajstić information content (AvgIpc) is 3.18. The van der Waals surface area contributed by atoms with Gasteiger partial charge in [-0.25, -0.2) is 4.79 Å². The van der Waals surface area contributed by atoms with Crippen molar-refractivity contribution in [1.82, 2.24) is 10.2 Å². The SMILES string of the molecule is CCOC[C@]12CN(C(=O)NCCCOC)CC[C@H]1CN(c1ccc(C#N)c(C(F)(F)F)c1)C2. The summed E-state index contributed by atoms with van der Waals surface area (Å²) in [6, 6.07) is 5.35. The second kappa shape index (κ2) is 10.6. The second-order valence-electron chi connectivity index (χ2n) is 8.70. The van der Waals surface area contributed by atoms with Gasteiger partial charge in [0.05, 0.1) is 23.8 Å². The summed E-state index contributed by atoms with van der Waals surface area (Å²) >= 11 is 0. The summed E-state index contributed by atoms with van der Waals surface area (Å²) < 4.78 is 51.2. The first-order chi connectivity index (χ1) is 15.7. The van der Waals surface area contributed by atoms with Crippen molar-refractivity contribution in [2.45, 2.75) is 25.9 Å². The van der Waals surface area contributed by atoms with Crippen LogP contribution in [-0.4, -0.2) is 70.6 Å². The lowest BCUT2D eigenvalue weighted by Crippen LogP contribution is -2.55. The molecule has 33 heavy (non-hydrogen) atoms. The van der Waals surface area contributed by atoms with Gasteiger partial charge in [-0.05, 0) is 43.9 Å². The molecule has 0 saturated carbocycles. The van der Waals surface area contributed by atoms with E-state index in [0.29, 0.717) is 58.2 Å². The number of anilines is 1. The molecule has 1 aromatic rings. The molecule has 2 amide bonds. The number of piperidine rings is 1. The maximum absolute atomic E-state index is 13.5. The fourth-order valence-electron chi connectivity index (χ4n) is 4.85. The Hall–Kier alpha value is -2.51. The van der Waals surface area contributed by atoms with Gasteiger partial charge in [0.25, 0.3) is 0 Å². The Morgan fingerprint density at radius 2 is 2.15 bits per heavy atom. The van der Waals surface area contributed by atoms with E-state index < -0.39 is 11.7 Å². The Bertz CT molecular complexity index is 873. The molecule has 182 valence electrons. The maximum Gasteiger partial charge on any atom is 0.417 e. The van der Waals surface area contributed by atoms with Crippen LogP contribution in [0.3, 0.4) is 0 Å². The number of nitriles is 1. The minimum absolute atomic E-state index is 0.142. The average molecular weight is 469 g/mol. The monoisotopic (exact) mass is 468 g/mol. The number of carbonyl (C=O) groups excluding carboxylic acids is 1. The van der Waals surface area contributed by atoms with E-state index >= 15 is 0 Å². The minimum atomic E-state index is -4.60. The lowest BCUT2D eigenvalue weighted by molar-refractivity contribution is -0.137. The van der Waals surface area contributed by atoms with Gasteiger partial charge in [0.15, 0.2) is 0 Å². The van der Waals surface area contributed by atoms with Gasteiger partial charge >= 0.3 is 12.2 Å². The highest BCUT2D eigenvalue weighted by molar-refractivity contribution is 5.74. The Labute approximate surface area is 192 Å². The molecule has 7 nitrogen and oxygen atoms in total. The number of fused-ring (bicyclic) bond motifs is 1. The summed E-state index contributed by atoms with van der Waals surface area (Å²) in [7, 11) is 1.61. The highest BCUT2D eigenvalue weighted by atomic mass is 19.4. The summed E-state index contributed by atoms with van der Waals surface area (Å²) in [6.45, 7) is 6.06. The predicted molar refractivity (Wildman–Crippen MR) is 117 cm³/mol. The molecule has 0 bridgehead atoms. The number of hydrogen-bond acceptors (Lipinski definition) is 5. The van der Waals surface area contributed by atoms with Gasteiger partial charge in [-0.3, -0.25) is 0 Å². The van der Waals surface area contributed by atoms with Crippen LogP contribution in [0, 0.1) is 22.7 Å². The number of amides is 2. The molecule has 2 aliphatic rings.